The minimum atomic E-state index is -0.484. The minimum Gasteiger partial charge on any atom is -0.340 e. The van der Waals surface area contributed by atoms with Gasteiger partial charge in [-0.25, -0.2) is 13.8 Å². The maximum Gasteiger partial charge on any atom is 0.253 e. The van der Waals surface area contributed by atoms with Crippen LogP contribution in [0.5, 0.6) is 0 Å². The van der Waals surface area contributed by atoms with E-state index in [1.165, 1.54) is 6.07 Å². The third-order valence-electron chi connectivity index (χ3n) is 6.10. The molecule has 0 radical (unpaired) electrons. The zero-order chi connectivity index (χ0) is 23.7. The lowest BCUT2D eigenvalue weighted by Crippen LogP contribution is -2.42. The summed E-state index contributed by atoms with van der Waals surface area (Å²) in [6.07, 6.45) is 3.45. The Morgan fingerprint density at radius 2 is 1.88 bits per heavy atom. The van der Waals surface area contributed by atoms with Crippen molar-refractivity contribution in [3.63, 3.8) is 0 Å². The molecule has 3 heterocycles. The SMILES string of the molecule is NC1CCN(C(=O)c2ccc(Nc3[nH]nc4ncc(Cc5cc(F)ccc5F)cc34)cc2)CC1. The van der Waals surface area contributed by atoms with Crippen LogP contribution in [0.3, 0.4) is 0 Å². The number of amides is 1. The van der Waals surface area contributed by atoms with Crippen LogP contribution < -0.4 is 11.1 Å². The van der Waals surface area contributed by atoms with Crippen LogP contribution in [0, 0.1) is 11.6 Å². The van der Waals surface area contributed by atoms with Gasteiger partial charge in [-0.05, 0) is 72.5 Å². The number of likely N-dealkylation sites (tertiary alicyclic amines) is 1. The molecule has 174 valence electrons. The van der Waals surface area contributed by atoms with Crippen molar-refractivity contribution in [2.24, 2.45) is 5.73 Å². The number of piperidine rings is 1. The monoisotopic (exact) mass is 462 g/mol. The number of nitrogens with two attached hydrogens (primary N) is 1. The molecular formula is C25H24F2N6O. The Labute approximate surface area is 195 Å². The number of nitrogens with zero attached hydrogens (tertiary/aromatic N) is 3. The predicted molar refractivity (Wildman–Crippen MR) is 126 cm³/mol. The van der Waals surface area contributed by atoms with E-state index in [9.17, 15) is 13.6 Å². The van der Waals surface area contributed by atoms with Gasteiger partial charge in [-0.15, -0.1) is 0 Å². The standard InChI is InChI=1S/C25H24F2N6O/c26-18-3-6-22(27)17(13-18)11-15-12-21-23(29-14-15)31-32-24(21)30-20-4-1-16(2-5-20)25(34)33-9-7-19(28)8-10-33/h1-6,12-14,19H,7-11,28H2,(H2,29,30,31,32). The van der Waals surface area contributed by atoms with Gasteiger partial charge in [0.05, 0.1) is 5.39 Å². The van der Waals surface area contributed by atoms with Crippen molar-refractivity contribution in [1.82, 2.24) is 20.1 Å². The average molecular weight is 463 g/mol. The number of pyridine rings is 1. The quantitative estimate of drug-likeness (QED) is 0.414. The number of rotatable bonds is 5. The maximum absolute atomic E-state index is 14.1. The van der Waals surface area contributed by atoms with Crippen molar-refractivity contribution < 1.29 is 13.6 Å². The number of carbonyl (C=O) groups excluding carboxylic acids is 1. The van der Waals surface area contributed by atoms with Crippen LogP contribution in [0.25, 0.3) is 11.0 Å². The summed E-state index contributed by atoms with van der Waals surface area (Å²) < 4.78 is 27.6. The van der Waals surface area contributed by atoms with Gasteiger partial charge < -0.3 is 16.0 Å². The molecule has 0 saturated carbocycles. The number of aromatic amines is 1. The lowest BCUT2D eigenvalue weighted by Gasteiger charge is -2.30. The van der Waals surface area contributed by atoms with E-state index in [0.29, 0.717) is 30.1 Å². The molecule has 0 spiro atoms. The average Bonchev–Trinajstić information content (AvgIpc) is 3.24. The number of nitrogens with one attached hydrogen (secondary N) is 2. The fraction of sp³-hybridized carbons (Fsp3) is 0.240. The Hall–Kier alpha value is -3.85. The zero-order valence-corrected chi connectivity index (χ0v) is 18.4. The highest BCUT2D eigenvalue weighted by molar-refractivity contribution is 5.95. The number of anilines is 2. The van der Waals surface area contributed by atoms with Crippen LogP contribution in [0.2, 0.25) is 0 Å². The van der Waals surface area contributed by atoms with E-state index >= 15 is 0 Å². The first-order valence-corrected chi connectivity index (χ1v) is 11.1. The predicted octanol–water partition coefficient (Wildman–Crippen LogP) is 4.13. The van der Waals surface area contributed by atoms with Gasteiger partial charge in [0, 0.05) is 43.0 Å². The highest BCUT2D eigenvalue weighted by Crippen LogP contribution is 2.25. The molecule has 4 N–H and O–H groups in total. The van der Waals surface area contributed by atoms with Crippen molar-refractivity contribution in [1.29, 1.82) is 0 Å². The minimum absolute atomic E-state index is 0.00358. The molecule has 2 aromatic heterocycles. The van der Waals surface area contributed by atoms with Gasteiger partial charge in [0.25, 0.3) is 5.91 Å². The summed E-state index contributed by atoms with van der Waals surface area (Å²) in [6.45, 7) is 1.35. The van der Waals surface area contributed by atoms with Crippen molar-refractivity contribution in [2.45, 2.75) is 25.3 Å². The van der Waals surface area contributed by atoms with Crippen molar-refractivity contribution in [3.05, 3.63) is 83.1 Å². The van der Waals surface area contributed by atoms with E-state index in [0.717, 1.165) is 41.6 Å². The lowest BCUT2D eigenvalue weighted by molar-refractivity contribution is 0.0715. The molecular weight excluding hydrogens is 438 g/mol. The molecule has 7 nitrogen and oxygen atoms in total. The Morgan fingerprint density at radius 3 is 2.65 bits per heavy atom. The van der Waals surface area contributed by atoms with Crippen LogP contribution in [0.1, 0.15) is 34.3 Å². The van der Waals surface area contributed by atoms with Crippen LogP contribution in [0.15, 0.2) is 54.7 Å². The number of aromatic nitrogens is 3. The molecule has 0 aliphatic carbocycles. The Morgan fingerprint density at radius 1 is 1.12 bits per heavy atom. The second-order valence-corrected chi connectivity index (χ2v) is 8.56. The van der Waals surface area contributed by atoms with Crippen LogP contribution in [-0.4, -0.2) is 45.1 Å². The van der Waals surface area contributed by atoms with E-state index in [1.54, 1.807) is 18.3 Å². The third kappa shape index (κ3) is 4.60. The molecule has 0 atom stereocenters. The molecule has 1 saturated heterocycles. The first-order chi connectivity index (χ1) is 16.5. The van der Waals surface area contributed by atoms with Crippen molar-refractivity contribution >= 4 is 28.4 Å². The van der Waals surface area contributed by atoms with Gasteiger partial charge in [0.2, 0.25) is 0 Å². The first-order valence-electron chi connectivity index (χ1n) is 11.1. The number of carbonyl (C=O) groups is 1. The summed E-state index contributed by atoms with van der Waals surface area (Å²) in [5.74, 6) is -0.326. The highest BCUT2D eigenvalue weighted by atomic mass is 19.1. The molecule has 1 aliphatic heterocycles. The van der Waals surface area contributed by atoms with Gasteiger partial charge in [0.15, 0.2) is 5.65 Å². The number of fused-ring (bicyclic) bond motifs is 1. The summed E-state index contributed by atoms with van der Waals surface area (Å²) in [5.41, 5.74) is 8.81. The molecule has 9 heteroatoms. The van der Waals surface area contributed by atoms with Gasteiger partial charge in [0.1, 0.15) is 17.5 Å². The number of hydrogen-bond acceptors (Lipinski definition) is 5. The van der Waals surface area contributed by atoms with Gasteiger partial charge in [-0.1, -0.05) is 0 Å². The van der Waals surface area contributed by atoms with E-state index < -0.39 is 11.6 Å². The maximum atomic E-state index is 14.1. The van der Waals surface area contributed by atoms with E-state index in [4.69, 9.17) is 5.73 Å². The molecule has 0 unspecified atom stereocenters. The molecule has 0 bridgehead atoms. The normalized spacial score (nSPS) is 14.5. The Bertz CT molecular complexity index is 1330. The summed E-state index contributed by atoms with van der Waals surface area (Å²) in [6, 6.07) is 12.6. The fourth-order valence-corrected chi connectivity index (χ4v) is 4.16. The number of halogens is 2. The first kappa shape index (κ1) is 22.0. The molecule has 2 aromatic carbocycles. The third-order valence-corrected chi connectivity index (χ3v) is 6.10. The van der Waals surface area contributed by atoms with Crippen LogP contribution in [-0.2, 0) is 6.42 Å². The number of hydrogen-bond donors (Lipinski definition) is 3. The highest BCUT2D eigenvalue weighted by Gasteiger charge is 2.21. The van der Waals surface area contributed by atoms with E-state index in [2.05, 4.69) is 20.5 Å². The topological polar surface area (TPSA) is 99.9 Å². The fourth-order valence-electron chi connectivity index (χ4n) is 4.16. The zero-order valence-electron chi connectivity index (χ0n) is 18.4. The van der Waals surface area contributed by atoms with E-state index in [-0.39, 0.29) is 23.9 Å². The Balaban J connectivity index is 1.32. The van der Waals surface area contributed by atoms with E-state index in [1.807, 2.05) is 23.1 Å². The van der Waals surface area contributed by atoms with Gasteiger partial charge in [-0.2, -0.15) is 5.10 Å². The summed E-state index contributed by atoms with van der Waals surface area (Å²) >= 11 is 0. The summed E-state index contributed by atoms with van der Waals surface area (Å²) in [7, 11) is 0. The molecule has 5 rings (SSSR count). The lowest BCUT2D eigenvalue weighted by atomic mass is 10.0. The van der Waals surface area contributed by atoms with Crippen LogP contribution >= 0.6 is 0 Å². The van der Waals surface area contributed by atoms with Crippen molar-refractivity contribution in [3.8, 4) is 0 Å². The molecule has 1 amide bonds. The molecule has 4 aromatic rings. The smallest absolute Gasteiger partial charge is 0.253 e. The van der Waals surface area contributed by atoms with Gasteiger partial charge >= 0.3 is 0 Å². The number of H-pyrrole nitrogens is 1. The van der Waals surface area contributed by atoms with Gasteiger partial charge in [-0.3, -0.25) is 9.89 Å². The molecule has 1 aliphatic rings. The summed E-state index contributed by atoms with van der Waals surface area (Å²) in [4.78, 5) is 18.9. The summed E-state index contributed by atoms with van der Waals surface area (Å²) in [5, 5.41) is 11.1. The van der Waals surface area contributed by atoms with Crippen molar-refractivity contribution in [2.75, 3.05) is 18.4 Å². The second kappa shape index (κ2) is 9.18. The number of benzene rings is 2. The molecule has 1 fully saturated rings. The molecule has 34 heavy (non-hydrogen) atoms. The largest absolute Gasteiger partial charge is 0.340 e. The van der Waals surface area contributed by atoms with Crippen LogP contribution in [0.4, 0.5) is 20.3 Å². The second-order valence-electron chi connectivity index (χ2n) is 8.56. The Kier molecular flexibility index (Phi) is 5.93.